The highest BCUT2D eigenvalue weighted by atomic mass is 35.5. The first-order chi connectivity index (χ1) is 14.9. The van der Waals surface area contributed by atoms with E-state index in [1.165, 1.54) is 24.3 Å². The smallest absolute Gasteiger partial charge is 0.206 e. The molecule has 0 aromatic heterocycles. The lowest BCUT2D eigenvalue weighted by Crippen LogP contribution is -2.39. The largest absolute Gasteiger partial charge is 0.256 e. The molecular formula is C24H26ClNO4S2. The molecule has 0 aliphatic rings. The Kier molecular flexibility index (Phi) is 7.15. The van der Waals surface area contributed by atoms with Crippen LogP contribution in [0.5, 0.6) is 0 Å². The molecule has 0 radical (unpaired) electrons. The van der Waals surface area contributed by atoms with Crippen LogP contribution in [0.2, 0.25) is 0 Å². The average Bonchev–Trinajstić information content (AvgIpc) is 2.77. The maximum atomic E-state index is 13.4. The van der Waals surface area contributed by atoms with Crippen LogP contribution in [0.4, 0.5) is 0 Å². The van der Waals surface area contributed by atoms with Crippen LogP contribution in [0.25, 0.3) is 0 Å². The SMILES string of the molecule is CC(C)(C)c1ccc(C(Cl)CN(S(=O)(=O)c2ccccc2)S(=O)(=O)c2ccccc2)cc1. The fourth-order valence-electron chi connectivity index (χ4n) is 3.17. The van der Waals surface area contributed by atoms with Gasteiger partial charge in [-0.05, 0) is 40.8 Å². The average molecular weight is 492 g/mol. The third-order valence-corrected chi connectivity index (χ3v) is 9.74. The Balaban J connectivity index is 2.04. The summed E-state index contributed by atoms with van der Waals surface area (Å²) in [5.74, 6) is 0. The number of halogens is 1. The van der Waals surface area contributed by atoms with Crippen molar-refractivity contribution in [2.75, 3.05) is 6.54 Å². The van der Waals surface area contributed by atoms with Crippen molar-refractivity contribution >= 4 is 31.6 Å². The summed E-state index contributed by atoms with van der Waals surface area (Å²) in [7, 11) is -8.76. The monoisotopic (exact) mass is 491 g/mol. The van der Waals surface area contributed by atoms with Crippen molar-refractivity contribution in [3.8, 4) is 0 Å². The van der Waals surface area contributed by atoms with Gasteiger partial charge in [0.1, 0.15) is 0 Å². The number of alkyl halides is 1. The van der Waals surface area contributed by atoms with Crippen molar-refractivity contribution < 1.29 is 16.8 Å². The Bertz CT molecular complexity index is 1180. The highest BCUT2D eigenvalue weighted by Gasteiger charge is 2.38. The van der Waals surface area contributed by atoms with E-state index in [0.29, 0.717) is 9.27 Å². The summed E-state index contributed by atoms with van der Waals surface area (Å²) in [6, 6.07) is 22.4. The van der Waals surface area contributed by atoms with E-state index >= 15 is 0 Å². The Morgan fingerprint density at radius 3 is 1.50 bits per heavy atom. The van der Waals surface area contributed by atoms with Crippen LogP contribution < -0.4 is 0 Å². The minimum atomic E-state index is -4.38. The van der Waals surface area contributed by atoms with E-state index in [1.807, 2.05) is 12.1 Å². The van der Waals surface area contributed by atoms with E-state index in [0.717, 1.165) is 5.56 Å². The highest BCUT2D eigenvalue weighted by Crippen LogP contribution is 2.31. The zero-order valence-corrected chi connectivity index (χ0v) is 20.5. The molecule has 3 rings (SSSR count). The first kappa shape index (κ1) is 24.5. The number of rotatable bonds is 7. The lowest BCUT2D eigenvalue weighted by atomic mass is 9.86. The fraction of sp³-hybridized carbons (Fsp3) is 0.250. The van der Waals surface area contributed by atoms with Crippen LogP contribution in [-0.2, 0) is 25.5 Å². The molecular weight excluding hydrogens is 466 g/mol. The van der Waals surface area contributed by atoms with Gasteiger partial charge in [0.05, 0.1) is 21.7 Å². The van der Waals surface area contributed by atoms with Gasteiger partial charge in [-0.25, -0.2) is 16.8 Å². The predicted molar refractivity (Wildman–Crippen MR) is 128 cm³/mol. The van der Waals surface area contributed by atoms with Gasteiger partial charge in [-0.1, -0.05) is 85.1 Å². The molecule has 0 saturated carbocycles. The van der Waals surface area contributed by atoms with Crippen LogP contribution in [0.1, 0.15) is 37.3 Å². The second kappa shape index (κ2) is 9.35. The normalized spacial score (nSPS) is 13.8. The number of sulfonamides is 2. The Morgan fingerprint density at radius 1 is 0.719 bits per heavy atom. The molecule has 3 aromatic rings. The van der Waals surface area contributed by atoms with E-state index in [2.05, 4.69) is 20.8 Å². The zero-order chi connectivity index (χ0) is 23.6. The molecule has 0 saturated heterocycles. The number of hydrogen-bond acceptors (Lipinski definition) is 4. The number of benzene rings is 3. The molecule has 3 aromatic carbocycles. The van der Waals surface area contributed by atoms with Crippen molar-refractivity contribution in [2.45, 2.75) is 41.4 Å². The molecule has 170 valence electrons. The highest BCUT2D eigenvalue weighted by molar-refractivity contribution is 8.04. The Morgan fingerprint density at radius 2 is 1.12 bits per heavy atom. The van der Waals surface area contributed by atoms with Gasteiger partial charge in [-0.2, -0.15) is 0 Å². The van der Waals surface area contributed by atoms with Gasteiger partial charge in [0.15, 0.2) is 0 Å². The topological polar surface area (TPSA) is 71.5 Å². The molecule has 5 nitrogen and oxygen atoms in total. The zero-order valence-electron chi connectivity index (χ0n) is 18.1. The molecule has 1 unspecified atom stereocenters. The summed E-state index contributed by atoms with van der Waals surface area (Å²) in [6.07, 6.45) is 0. The molecule has 0 heterocycles. The van der Waals surface area contributed by atoms with Crippen molar-refractivity contribution in [3.05, 3.63) is 96.1 Å². The quantitative estimate of drug-likeness (QED) is 0.418. The van der Waals surface area contributed by atoms with Crippen LogP contribution in [-0.4, -0.2) is 27.1 Å². The van der Waals surface area contributed by atoms with Crippen molar-refractivity contribution in [1.82, 2.24) is 3.71 Å². The summed E-state index contributed by atoms with van der Waals surface area (Å²) in [6.45, 7) is 5.81. The molecule has 0 N–H and O–H groups in total. The molecule has 0 spiro atoms. The summed E-state index contributed by atoms with van der Waals surface area (Å²) in [5, 5.41) is -0.874. The maximum absolute atomic E-state index is 13.4. The number of nitrogens with zero attached hydrogens (tertiary/aromatic N) is 1. The lowest BCUT2D eigenvalue weighted by molar-refractivity contribution is 0.494. The molecule has 1 atom stereocenters. The summed E-state index contributed by atoms with van der Waals surface area (Å²) >= 11 is 6.58. The first-order valence-electron chi connectivity index (χ1n) is 10.1. The summed E-state index contributed by atoms with van der Waals surface area (Å²) < 4.78 is 54.1. The van der Waals surface area contributed by atoms with Gasteiger partial charge in [-0.3, -0.25) is 0 Å². The van der Waals surface area contributed by atoms with Gasteiger partial charge >= 0.3 is 0 Å². The van der Waals surface area contributed by atoms with E-state index in [1.54, 1.807) is 48.5 Å². The first-order valence-corrected chi connectivity index (χ1v) is 13.4. The van der Waals surface area contributed by atoms with Crippen molar-refractivity contribution in [1.29, 1.82) is 0 Å². The molecule has 0 fully saturated rings. The Labute approximate surface area is 195 Å². The van der Waals surface area contributed by atoms with E-state index < -0.39 is 32.0 Å². The molecule has 0 amide bonds. The van der Waals surface area contributed by atoms with Gasteiger partial charge in [0.25, 0.3) is 20.0 Å². The standard InChI is InChI=1S/C24H26ClNO4S2/c1-24(2,3)20-16-14-19(15-17-20)23(25)18-26(31(27,28)21-10-6-4-7-11-21)32(29,30)22-12-8-5-9-13-22/h4-17,23H,18H2,1-3H3. The van der Waals surface area contributed by atoms with E-state index in [9.17, 15) is 16.8 Å². The van der Waals surface area contributed by atoms with Gasteiger partial charge in [0.2, 0.25) is 0 Å². The van der Waals surface area contributed by atoms with Crippen LogP contribution in [0.3, 0.4) is 0 Å². The van der Waals surface area contributed by atoms with Crippen molar-refractivity contribution in [2.24, 2.45) is 0 Å². The third-order valence-electron chi connectivity index (χ3n) is 5.07. The third kappa shape index (κ3) is 5.23. The predicted octanol–water partition coefficient (Wildman–Crippen LogP) is 5.34. The van der Waals surface area contributed by atoms with Gasteiger partial charge in [-0.15, -0.1) is 11.6 Å². The fourth-order valence-corrected chi connectivity index (χ4v) is 7.33. The second-order valence-electron chi connectivity index (χ2n) is 8.43. The minimum Gasteiger partial charge on any atom is -0.206 e. The summed E-state index contributed by atoms with van der Waals surface area (Å²) in [5.41, 5.74) is 1.67. The minimum absolute atomic E-state index is 0.0559. The van der Waals surface area contributed by atoms with Gasteiger partial charge in [0, 0.05) is 0 Å². The molecule has 8 heteroatoms. The van der Waals surface area contributed by atoms with Crippen molar-refractivity contribution in [3.63, 3.8) is 0 Å². The van der Waals surface area contributed by atoms with E-state index in [4.69, 9.17) is 11.6 Å². The van der Waals surface area contributed by atoms with Crippen LogP contribution >= 0.6 is 11.6 Å². The lowest BCUT2D eigenvalue weighted by Gasteiger charge is -2.25. The molecule has 0 bridgehead atoms. The van der Waals surface area contributed by atoms with Crippen LogP contribution in [0, 0.1) is 0 Å². The second-order valence-corrected chi connectivity index (χ2v) is 12.9. The van der Waals surface area contributed by atoms with E-state index in [-0.39, 0.29) is 15.2 Å². The van der Waals surface area contributed by atoms with Gasteiger partial charge < -0.3 is 0 Å². The summed E-state index contributed by atoms with van der Waals surface area (Å²) in [4.78, 5) is -0.238. The maximum Gasteiger partial charge on any atom is 0.256 e. The molecule has 32 heavy (non-hydrogen) atoms. The molecule has 0 aliphatic carbocycles. The Hall–Kier alpha value is -2.19. The van der Waals surface area contributed by atoms with Crippen LogP contribution in [0.15, 0.2) is 94.7 Å². The molecule has 0 aliphatic heterocycles. The number of hydrogen-bond donors (Lipinski definition) is 0.